The van der Waals surface area contributed by atoms with Gasteiger partial charge >= 0.3 is 0 Å². The molecule has 4 nitrogen and oxygen atoms in total. The van der Waals surface area contributed by atoms with Crippen LogP contribution in [0.25, 0.3) is 127 Å². The third-order valence-corrected chi connectivity index (χ3v) is 25.2. The number of anilines is 5. The Bertz CT molecular complexity index is 6800. The molecule has 1 N–H and O–H groups in total. The number of hydrogen-bond acceptors (Lipinski definition) is 4. The van der Waals surface area contributed by atoms with Crippen molar-refractivity contribution in [2.75, 3.05) is 10.2 Å². The number of hydrogen-bond donors (Lipinski definition) is 1. The first-order valence-corrected chi connectivity index (χ1v) is 39.7. The Morgan fingerprint density at radius 2 is 0.673 bits per heavy atom. The maximum absolute atomic E-state index is 6.96. The second-order valence-corrected chi connectivity index (χ2v) is 33.2. The number of nitrogens with one attached hydrogen (secondary N) is 1. The van der Waals surface area contributed by atoms with Crippen LogP contribution in [0.4, 0.5) is 28.4 Å². The van der Waals surface area contributed by atoms with Crippen molar-refractivity contribution >= 4 is 89.5 Å². The zero-order valence-corrected chi connectivity index (χ0v) is 65.3. The molecule has 5 aliphatic carbocycles. The lowest BCUT2D eigenvalue weighted by atomic mass is 9.81. The van der Waals surface area contributed by atoms with E-state index in [9.17, 15) is 0 Å². The highest BCUT2D eigenvalue weighted by Crippen LogP contribution is 2.56. The van der Waals surface area contributed by atoms with E-state index in [-0.39, 0.29) is 21.7 Å². The summed E-state index contributed by atoms with van der Waals surface area (Å²) in [5.74, 6) is 0. The summed E-state index contributed by atoms with van der Waals surface area (Å²) in [6, 6.07) is 116. The fourth-order valence-corrected chi connectivity index (χ4v) is 19.0. The predicted molar refractivity (Wildman–Crippen MR) is 475 cm³/mol. The third-order valence-electron chi connectivity index (χ3n) is 24.9. The van der Waals surface area contributed by atoms with Gasteiger partial charge in [0.1, 0.15) is 23.3 Å². The molecule has 17 aromatic rings. The predicted octanol–water partition coefficient (Wildman–Crippen LogP) is 30.3. The Morgan fingerprint density at radius 1 is 0.301 bits per heavy atom. The molecule has 22 rings (SSSR count). The molecule has 0 atom stereocenters. The minimum Gasteiger partial charge on any atom is -0.454 e. The highest BCUT2D eigenvalue weighted by atomic mass is 35.5. The maximum atomic E-state index is 6.96. The smallest absolute Gasteiger partial charge is 0.159 e. The topological polar surface area (TPSA) is 41.6 Å². The summed E-state index contributed by atoms with van der Waals surface area (Å²) in [5, 5.41) is 8.66. The van der Waals surface area contributed by atoms with Gasteiger partial charge in [-0.2, -0.15) is 0 Å². The maximum Gasteiger partial charge on any atom is 0.159 e. The lowest BCUT2D eigenvalue weighted by Gasteiger charge is -2.26. The van der Waals surface area contributed by atoms with Gasteiger partial charge in [-0.1, -0.05) is 279 Å². The fourth-order valence-electron chi connectivity index (χ4n) is 18.8. The summed E-state index contributed by atoms with van der Waals surface area (Å²) in [6.45, 7) is 18.6. The Hall–Kier alpha value is -13.1. The number of rotatable bonds is 9. The van der Waals surface area contributed by atoms with Crippen LogP contribution in [0.2, 0.25) is 5.02 Å². The molecule has 0 saturated carbocycles. The quantitative estimate of drug-likeness (QED) is 0.146. The van der Waals surface area contributed by atoms with E-state index >= 15 is 0 Å². The van der Waals surface area contributed by atoms with Gasteiger partial charge in [0.15, 0.2) is 11.2 Å². The first-order valence-electron chi connectivity index (χ1n) is 39.3. The van der Waals surface area contributed by atoms with Gasteiger partial charge in [0.25, 0.3) is 0 Å². The molecule has 113 heavy (non-hydrogen) atoms. The van der Waals surface area contributed by atoms with Gasteiger partial charge in [0.05, 0.1) is 28.4 Å². The van der Waals surface area contributed by atoms with Gasteiger partial charge in [-0.3, -0.25) is 0 Å². The summed E-state index contributed by atoms with van der Waals surface area (Å²) in [4.78, 5) is 2.35. The van der Waals surface area contributed by atoms with E-state index in [0.717, 1.165) is 72.3 Å². The molecule has 2 heterocycles. The molecule has 0 radical (unpaired) electrons. The highest BCUT2D eigenvalue weighted by molar-refractivity contribution is 6.36. The largest absolute Gasteiger partial charge is 0.454 e. The van der Waals surface area contributed by atoms with Crippen LogP contribution in [0.3, 0.4) is 0 Å². The molecule has 15 aromatic carbocycles. The van der Waals surface area contributed by atoms with E-state index < -0.39 is 0 Å². The molecular weight excluding hydrogens is 1390 g/mol. The SMILES string of the molecule is CC1(C)c2ccccc2-c2cc3c(cc21)oc1c(Cl)cccc13.CC1(C)c2ccccc2-c2ccc(-c3ccc(N(c4ccc(-c5ccccc5)cc4)c4cccc5c4oc4cc6c(cc45)-c4ccccc4C6(C)C)cc3)cc21.CC1(C)c2ccccc2-c2ccc(-c3ccc(Nc4ccc(C5=CC=[C+]C=C5)cc4)cc3)cc21. The monoisotopic (exact) mass is 1470 g/mol. The number of fused-ring (bicyclic) bond motifs is 18. The van der Waals surface area contributed by atoms with Crippen molar-refractivity contribution in [3.05, 3.63) is 407 Å². The molecule has 2 aromatic heterocycles. The summed E-state index contributed by atoms with van der Waals surface area (Å²) >= 11 is 6.30. The van der Waals surface area contributed by atoms with Crippen molar-refractivity contribution in [3.8, 4) is 77.9 Å². The first kappa shape index (κ1) is 69.1. The molecule has 0 unspecified atom stereocenters. The van der Waals surface area contributed by atoms with Crippen LogP contribution < -0.4 is 10.2 Å². The Labute approximate surface area is 666 Å². The Morgan fingerprint density at radius 3 is 1.14 bits per heavy atom. The van der Waals surface area contributed by atoms with Crippen LogP contribution in [0.15, 0.2) is 355 Å². The summed E-state index contributed by atoms with van der Waals surface area (Å²) in [6.07, 6.45) is 11.1. The van der Waals surface area contributed by atoms with E-state index in [1.807, 2.05) is 24.3 Å². The molecule has 5 aliphatic rings. The van der Waals surface area contributed by atoms with Crippen molar-refractivity contribution in [1.82, 2.24) is 0 Å². The van der Waals surface area contributed by atoms with E-state index in [1.165, 1.54) is 134 Å². The first-order chi connectivity index (χ1) is 54.9. The number of benzene rings is 15. The minimum atomic E-state index is -0.102. The second-order valence-electron chi connectivity index (χ2n) is 32.8. The second kappa shape index (κ2) is 26.6. The number of nitrogens with zero attached hydrogens (tertiary/aromatic N) is 1. The van der Waals surface area contributed by atoms with Gasteiger partial charge in [-0.25, -0.2) is 0 Å². The third kappa shape index (κ3) is 11.4. The van der Waals surface area contributed by atoms with Crippen molar-refractivity contribution < 1.29 is 8.83 Å². The number of para-hydroxylation sites is 2. The molecule has 0 bridgehead atoms. The molecule has 0 saturated heterocycles. The van der Waals surface area contributed by atoms with E-state index in [1.54, 1.807) is 0 Å². The molecule has 0 amide bonds. The lowest BCUT2D eigenvalue weighted by Crippen LogP contribution is -2.14. The standard InChI is InChI=1S/C54H41NO.C33H26N.C21H15ClO/c1-53(2)46-18-10-8-15-40(46)42-30-25-37(31-48(42)53)36-23-28-39(29-24-36)55(38-26-21-35(22-27-38)34-13-6-5-7-14-34)50-20-12-17-43-45-32-44-41-16-9-11-19-47(41)54(3,4)49(44)33-51(45)56-52(43)50;1-33(2)31-11-7-6-10-29(31)30-21-16-26(22-32(30)33)25-14-19-28(20-15-25)34-27-17-12-24(13-18-27)23-8-4-3-5-9-23;1-21(2)16-8-4-3-6-12(16)14-10-15-13-7-5-9-18(22)20(13)23-19(15)11-17(14)21/h5-33H,1-4H3;4-22,34H,1-2H3;3-11H,1-2H3/q;+1;. The van der Waals surface area contributed by atoms with Gasteiger partial charge in [0.2, 0.25) is 0 Å². The van der Waals surface area contributed by atoms with Crippen LogP contribution in [0.1, 0.15) is 105 Å². The van der Waals surface area contributed by atoms with Crippen LogP contribution in [0, 0.1) is 6.08 Å². The molecule has 0 fully saturated rings. The van der Waals surface area contributed by atoms with Crippen LogP contribution in [-0.2, 0) is 21.7 Å². The average Bonchev–Trinajstić information content (AvgIpc) is 1.58. The van der Waals surface area contributed by atoms with Crippen molar-refractivity contribution in [2.45, 2.75) is 77.0 Å². The Kier molecular flexibility index (Phi) is 16.3. The van der Waals surface area contributed by atoms with Gasteiger partial charge in [-0.05, 0) is 232 Å². The van der Waals surface area contributed by atoms with E-state index in [2.05, 4.69) is 393 Å². The van der Waals surface area contributed by atoms with Crippen molar-refractivity contribution in [3.63, 3.8) is 0 Å². The van der Waals surface area contributed by atoms with Gasteiger partial charge in [0, 0.05) is 77.6 Å². The van der Waals surface area contributed by atoms with Crippen LogP contribution >= 0.6 is 11.6 Å². The van der Waals surface area contributed by atoms with Crippen molar-refractivity contribution in [2.24, 2.45) is 0 Å². The van der Waals surface area contributed by atoms with Crippen molar-refractivity contribution in [1.29, 1.82) is 0 Å². The molecule has 0 spiro atoms. The zero-order valence-electron chi connectivity index (χ0n) is 64.6. The van der Waals surface area contributed by atoms with Crippen LogP contribution in [-0.4, -0.2) is 0 Å². The molecule has 5 heteroatoms. The van der Waals surface area contributed by atoms with Crippen LogP contribution in [0.5, 0.6) is 0 Å². The Balaban J connectivity index is 0.000000123. The zero-order chi connectivity index (χ0) is 76.7. The van der Waals surface area contributed by atoms with Gasteiger partial charge in [-0.15, -0.1) is 0 Å². The average molecular weight is 1480 g/mol. The lowest BCUT2D eigenvalue weighted by molar-refractivity contribution is 0.647. The summed E-state index contributed by atoms with van der Waals surface area (Å²) in [7, 11) is 0. The molecule has 0 aliphatic heterocycles. The fraction of sp³-hybridized carbons (Fsp3) is 0.111. The normalized spacial score (nSPS) is 14.6. The molecule has 542 valence electrons. The summed E-state index contributed by atoms with van der Waals surface area (Å²) < 4.78 is 13.0. The molecular formula is C108H82ClN2O2+. The highest BCUT2D eigenvalue weighted by Gasteiger charge is 2.40. The van der Waals surface area contributed by atoms with E-state index in [4.69, 9.17) is 20.4 Å². The van der Waals surface area contributed by atoms with E-state index in [0.29, 0.717) is 5.02 Å². The number of allylic oxidation sites excluding steroid dienone is 6. The summed E-state index contributed by atoms with van der Waals surface area (Å²) in [5.41, 5.74) is 40.0. The minimum absolute atomic E-state index is 0.0110. The number of halogens is 1. The van der Waals surface area contributed by atoms with Gasteiger partial charge < -0.3 is 19.1 Å². The number of furan rings is 2.